The van der Waals surface area contributed by atoms with E-state index in [0.29, 0.717) is 6.04 Å². The van der Waals surface area contributed by atoms with Gasteiger partial charge in [-0.1, -0.05) is 6.92 Å². The van der Waals surface area contributed by atoms with Crippen LogP contribution in [0.3, 0.4) is 0 Å². The van der Waals surface area contributed by atoms with E-state index in [4.69, 9.17) is 0 Å². The van der Waals surface area contributed by atoms with Gasteiger partial charge < -0.3 is 5.11 Å². The number of aliphatic hydroxyl groups is 1. The maximum atomic E-state index is 11.5. The molecule has 2 fully saturated rings. The first-order valence-electron chi connectivity index (χ1n) is 6.75. The van der Waals surface area contributed by atoms with Crippen LogP contribution in [-0.4, -0.2) is 79.7 Å². The first kappa shape index (κ1) is 14.2. The third kappa shape index (κ3) is 3.04. The van der Waals surface area contributed by atoms with E-state index >= 15 is 0 Å². The third-order valence-electron chi connectivity index (χ3n) is 4.26. The maximum absolute atomic E-state index is 11.5. The number of nitrogens with zero attached hydrogens (tertiary/aromatic N) is 2. The minimum Gasteiger partial charge on any atom is -0.390 e. The molecule has 0 radical (unpaired) electrons. The molecule has 2 aliphatic rings. The lowest BCUT2D eigenvalue weighted by atomic mass is 10.1. The molecule has 2 rings (SSSR count). The molecule has 2 aliphatic heterocycles. The summed E-state index contributed by atoms with van der Waals surface area (Å²) < 4.78 is 23.0. The zero-order chi connectivity index (χ0) is 13.3. The fourth-order valence-corrected chi connectivity index (χ4v) is 5.09. The summed E-state index contributed by atoms with van der Waals surface area (Å²) in [6.07, 6.45) is 1.67. The van der Waals surface area contributed by atoms with Gasteiger partial charge in [0.1, 0.15) is 0 Å². The van der Waals surface area contributed by atoms with Crippen molar-refractivity contribution in [2.45, 2.75) is 38.0 Å². The maximum Gasteiger partial charge on any atom is 0.154 e. The zero-order valence-corrected chi connectivity index (χ0v) is 12.1. The molecule has 1 N–H and O–H groups in total. The molecule has 3 unspecified atom stereocenters. The average molecular weight is 276 g/mol. The van der Waals surface area contributed by atoms with Gasteiger partial charge in [0.25, 0.3) is 0 Å². The lowest BCUT2D eigenvalue weighted by Crippen LogP contribution is -2.47. The van der Waals surface area contributed by atoms with Gasteiger partial charge in [-0.15, -0.1) is 0 Å². The van der Waals surface area contributed by atoms with E-state index in [2.05, 4.69) is 11.8 Å². The van der Waals surface area contributed by atoms with E-state index in [-0.39, 0.29) is 17.5 Å². The highest BCUT2D eigenvalue weighted by molar-refractivity contribution is 7.91. The van der Waals surface area contributed by atoms with E-state index in [0.717, 1.165) is 19.6 Å². The molecule has 0 aromatic heterocycles. The SMILES string of the molecule is CCN1CCCC1CN(C)C1CS(=O)(=O)CC1O. The molecule has 0 aromatic rings. The standard InChI is InChI=1S/C12H24N2O3S/c1-3-14-6-4-5-10(14)7-13(2)11-8-18(16,17)9-12(11)15/h10-12,15H,3-9H2,1-2H3. The lowest BCUT2D eigenvalue weighted by molar-refractivity contribution is 0.0823. The molecule has 6 heteroatoms. The van der Waals surface area contributed by atoms with Crippen molar-refractivity contribution in [3.05, 3.63) is 0 Å². The first-order valence-corrected chi connectivity index (χ1v) is 8.58. The summed E-state index contributed by atoms with van der Waals surface area (Å²) in [5.41, 5.74) is 0. The second-order valence-corrected chi connectivity index (χ2v) is 7.73. The smallest absolute Gasteiger partial charge is 0.154 e. The van der Waals surface area contributed by atoms with Gasteiger partial charge in [0.15, 0.2) is 9.84 Å². The van der Waals surface area contributed by atoms with Crippen molar-refractivity contribution >= 4 is 9.84 Å². The van der Waals surface area contributed by atoms with Crippen molar-refractivity contribution in [2.75, 3.05) is 38.2 Å². The molecule has 2 heterocycles. The van der Waals surface area contributed by atoms with Crippen LogP contribution in [0, 0.1) is 0 Å². The summed E-state index contributed by atoms with van der Waals surface area (Å²) in [6, 6.07) is 0.282. The Balaban J connectivity index is 1.94. The van der Waals surface area contributed by atoms with Crippen molar-refractivity contribution in [2.24, 2.45) is 0 Å². The van der Waals surface area contributed by atoms with Gasteiger partial charge in [-0.25, -0.2) is 8.42 Å². The molecule has 3 atom stereocenters. The molecule has 0 amide bonds. The average Bonchev–Trinajstić information content (AvgIpc) is 2.82. The predicted octanol–water partition coefficient (Wildman–Crippen LogP) is -0.440. The Morgan fingerprint density at radius 1 is 1.39 bits per heavy atom. The molecular weight excluding hydrogens is 252 g/mol. The van der Waals surface area contributed by atoms with Crippen molar-refractivity contribution < 1.29 is 13.5 Å². The summed E-state index contributed by atoms with van der Waals surface area (Å²) in [4.78, 5) is 4.47. The Morgan fingerprint density at radius 3 is 2.67 bits per heavy atom. The van der Waals surface area contributed by atoms with Gasteiger partial charge in [0.05, 0.1) is 23.7 Å². The van der Waals surface area contributed by atoms with Gasteiger partial charge in [0.2, 0.25) is 0 Å². The minimum atomic E-state index is -3.05. The van der Waals surface area contributed by atoms with E-state index in [1.165, 1.54) is 12.8 Å². The Kier molecular flexibility index (Phi) is 4.31. The van der Waals surface area contributed by atoms with Gasteiger partial charge in [0, 0.05) is 12.6 Å². The van der Waals surface area contributed by atoms with E-state index in [1.807, 2.05) is 11.9 Å². The normalized spacial score (nSPS) is 36.6. The molecular formula is C12H24N2O3S. The molecule has 0 spiro atoms. The highest BCUT2D eigenvalue weighted by Gasteiger charge is 2.39. The predicted molar refractivity (Wildman–Crippen MR) is 71.3 cm³/mol. The number of sulfone groups is 1. The van der Waals surface area contributed by atoms with Crippen LogP contribution < -0.4 is 0 Å². The number of hydrogen-bond acceptors (Lipinski definition) is 5. The zero-order valence-electron chi connectivity index (χ0n) is 11.2. The third-order valence-corrected chi connectivity index (χ3v) is 5.96. The molecule has 106 valence electrons. The van der Waals surface area contributed by atoms with Crippen molar-refractivity contribution in [1.82, 2.24) is 9.80 Å². The van der Waals surface area contributed by atoms with Crippen molar-refractivity contribution in [3.8, 4) is 0 Å². The molecule has 0 aliphatic carbocycles. The monoisotopic (exact) mass is 276 g/mol. The molecule has 2 saturated heterocycles. The highest BCUT2D eigenvalue weighted by atomic mass is 32.2. The van der Waals surface area contributed by atoms with Crippen LogP contribution >= 0.6 is 0 Å². The van der Waals surface area contributed by atoms with Crippen LogP contribution in [-0.2, 0) is 9.84 Å². The van der Waals surface area contributed by atoms with Crippen LogP contribution in [0.4, 0.5) is 0 Å². The molecule has 0 bridgehead atoms. The molecule has 0 saturated carbocycles. The van der Waals surface area contributed by atoms with Crippen LogP contribution in [0.25, 0.3) is 0 Å². The van der Waals surface area contributed by atoms with Crippen LogP contribution in [0.5, 0.6) is 0 Å². The Hall–Kier alpha value is -0.170. The fourth-order valence-electron chi connectivity index (χ4n) is 3.22. The number of aliphatic hydroxyl groups excluding tert-OH is 1. The number of hydrogen-bond donors (Lipinski definition) is 1. The van der Waals surface area contributed by atoms with E-state index in [1.54, 1.807) is 0 Å². The second-order valence-electron chi connectivity index (χ2n) is 5.58. The quantitative estimate of drug-likeness (QED) is 0.754. The Labute approximate surface area is 110 Å². The van der Waals surface area contributed by atoms with Gasteiger partial charge in [-0.2, -0.15) is 0 Å². The topological polar surface area (TPSA) is 60.9 Å². The van der Waals surface area contributed by atoms with Crippen molar-refractivity contribution in [3.63, 3.8) is 0 Å². The number of rotatable bonds is 4. The van der Waals surface area contributed by atoms with Crippen LogP contribution in [0.1, 0.15) is 19.8 Å². The number of likely N-dealkylation sites (N-methyl/N-ethyl adjacent to an activating group) is 2. The van der Waals surface area contributed by atoms with Crippen LogP contribution in [0.15, 0.2) is 0 Å². The van der Waals surface area contributed by atoms with Gasteiger partial charge >= 0.3 is 0 Å². The van der Waals surface area contributed by atoms with Crippen LogP contribution in [0.2, 0.25) is 0 Å². The summed E-state index contributed by atoms with van der Waals surface area (Å²) >= 11 is 0. The Morgan fingerprint density at radius 2 is 2.11 bits per heavy atom. The largest absolute Gasteiger partial charge is 0.390 e. The van der Waals surface area contributed by atoms with E-state index in [9.17, 15) is 13.5 Å². The fraction of sp³-hybridized carbons (Fsp3) is 1.00. The molecule has 18 heavy (non-hydrogen) atoms. The lowest BCUT2D eigenvalue weighted by Gasteiger charge is -2.32. The summed E-state index contributed by atoms with van der Waals surface area (Å²) in [5.74, 6) is 0.0215. The summed E-state index contributed by atoms with van der Waals surface area (Å²) in [7, 11) is -1.12. The van der Waals surface area contributed by atoms with Crippen molar-refractivity contribution in [1.29, 1.82) is 0 Å². The Bertz CT molecular complexity index is 385. The number of likely N-dealkylation sites (tertiary alicyclic amines) is 1. The second kappa shape index (κ2) is 5.45. The molecule has 5 nitrogen and oxygen atoms in total. The summed E-state index contributed by atoms with van der Waals surface area (Å²) in [5, 5.41) is 9.86. The van der Waals surface area contributed by atoms with Gasteiger partial charge in [-0.3, -0.25) is 9.80 Å². The van der Waals surface area contributed by atoms with E-state index < -0.39 is 15.9 Å². The molecule has 0 aromatic carbocycles. The minimum absolute atomic E-state index is 0.0792. The van der Waals surface area contributed by atoms with Gasteiger partial charge in [-0.05, 0) is 33.0 Å². The highest BCUT2D eigenvalue weighted by Crippen LogP contribution is 2.22. The summed E-state index contributed by atoms with van der Waals surface area (Å²) in [6.45, 7) is 5.20. The first-order chi connectivity index (χ1) is 8.43.